The third-order valence-corrected chi connectivity index (χ3v) is 4.05. The number of halogens is 1. The van der Waals surface area contributed by atoms with Crippen molar-refractivity contribution in [3.8, 4) is 0 Å². The minimum Gasteiger partial charge on any atom is -0.360 e. The second-order valence-electron chi connectivity index (χ2n) is 5.57. The smallest absolute Gasteiger partial charge is 0.354 e. The first-order chi connectivity index (χ1) is 13.6. The fraction of sp³-hybridized carbons (Fsp3) is 0.0556. The van der Waals surface area contributed by atoms with Gasteiger partial charge in [-0.05, 0) is 17.7 Å². The van der Waals surface area contributed by atoms with Crippen LogP contribution in [0.2, 0.25) is 5.02 Å². The van der Waals surface area contributed by atoms with Crippen LogP contribution in [0.25, 0.3) is 0 Å². The number of rotatable bonds is 7. The van der Waals surface area contributed by atoms with E-state index in [4.69, 9.17) is 11.6 Å². The largest absolute Gasteiger partial charge is 0.360 e. The minimum absolute atomic E-state index is 0.0262. The number of carbonyl (C=O) groups is 1. The van der Waals surface area contributed by atoms with Gasteiger partial charge in [-0.2, -0.15) is 0 Å². The molecule has 0 fully saturated rings. The number of carbonyl (C=O) groups excluding carboxylic acids is 1. The molecule has 1 heterocycles. The van der Waals surface area contributed by atoms with Crippen molar-refractivity contribution in [1.29, 1.82) is 0 Å². The lowest BCUT2D eigenvalue weighted by atomic mass is 10.2. The van der Waals surface area contributed by atoms with Gasteiger partial charge in [0.2, 0.25) is 11.6 Å². The van der Waals surface area contributed by atoms with Gasteiger partial charge in [-0.3, -0.25) is 25.8 Å². The van der Waals surface area contributed by atoms with Crippen molar-refractivity contribution in [2.75, 3.05) is 10.7 Å². The summed E-state index contributed by atoms with van der Waals surface area (Å²) in [6, 6.07) is 15.8. The van der Waals surface area contributed by atoms with Crippen LogP contribution in [0.15, 0.2) is 60.9 Å². The van der Waals surface area contributed by atoms with E-state index in [2.05, 4.69) is 26.1 Å². The summed E-state index contributed by atoms with van der Waals surface area (Å²) in [6.45, 7) is 0.337. The third kappa shape index (κ3) is 4.51. The first kappa shape index (κ1) is 19.1. The van der Waals surface area contributed by atoms with Gasteiger partial charge in [0, 0.05) is 6.54 Å². The van der Waals surface area contributed by atoms with E-state index >= 15 is 0 Å². The van der Waals surface area contributed by atoms with E-state index < -0.39 is 16.5 Å². The van der Waals surface area contributed by atoms with Crippen LogP contribution in [0, 0.1) is 10.1 Å². The highest BCUT2D eigenvalue weighted by Gasteiger charge is 2.23. The Balaban J connectivity index is 1.76. The SMILES string of the molecule is O=C(NNc1ncnc(NCc2ccccc2)c1[N+](=O)[O-])c1ccccc1Cl. The Bertz CT molecular complexity index is 1000. The zero-order valence-corrected chi connectivity index (χ0v) is 15.2. The van der Waals surface area contributed by atoms with Crippen molar-refractivity contribution in [1.82, 2.24) is 15.4 Å². The van der Waals surface area contributed by atoms with Gasteiger partial charge >= 0.3 is 5.69 Å². The van der Waals surface area contributed by atoms with Gasteiger partial charge in [-0.25, -0.2) is 9.97 Å². The Hall–Kier alpha value is -3.72. The van der Waals surface area contributed by atoms with E-state index in [0.29, 0.717) is 6.54 Å². The average molecular weight is 399 g/mol. The van der Waals surface area contributed by atoms with E-state index in [1.165, 1.54) is 6.07 Å². The predicted octanol–water partition coefficient (Wildman–Crippen LogP) is 3.41. The highest BCUT2D eigenvalue weighted by atomic mass is 35.5. The van der Waals surface area contributed by atoms with Crippen molar-refractivity contribution in [2.45, 2.75) is 6.54 Å². The first-order valence-electron chi connectivity index (χ1n) is 8.14. The van der Waals surface area contributed by atoms with Crippen molar-refractivity contribution < 1.29 is 9.72 Å². The minimum atomic E-state index is -0.628. The van der Waals surface area contributed by atoms with E-state index in [1.54, 1.807) is 18.2 Å². The molecule has 1 aromatic heterocycles. The molecule has 3 aromatic rings. The average Bonchev–Trinajstić information content (AvgIpc) is 2.71. The van der Waals surface area contributed by atoms with Gasteiger partial charge in [-0.15, -0.1) is 0 Å². The second-order valence-corrected chi connectivity index (χ2v) is 5.98. The van der Waals surface area contributed by atoms with Crippen LogP contribution in [-0.4, -0.2) is 20.8 Å². The summed E-state index contributed by atoms with van der Waals surface area (Å²) in [5.74, 6) is -0.688. The van der Waals surface area contributed by atoms with Crippen LogP contribution in [0.1, 0.15) is 15.9 Å². The van der Waals surface area contributed by atoms with Crippen LogP contribution in [0.3, 0.4) is 0 Å². The standard InChI is InChI=1S/C18H15ClN6O3/c19-14-9-5-4-8-13(14)18(26)24-23-17-15(25(27)28)16(21-11-22-17)20-10-12-6-2-1-3-7-12/h1-9,11H,10H2,(H,24,26)(H2,20,21,22,23). The maximum Gasteiger partial charge on any atom is 0.354 e. The monoisotopic (exact) mass is 398 g/mol. The Morgan fingerprint density at radius 3 is 2.43 bits per heavy atom. The number of hydrazine groups is 1. The molecule has 142 valence electrons. The van der Waals surface area contributed by atoms with Crippen LogP contribution in [-0.2, 0) is 6.54 Å². The molecule has 0 atom stereocenters. The van der Waals surface area contributed by atoms with Gasteiger partial charge in [0.15, 0.2) is 0 Å². The molecule has 0 radical (unpaired) electrons. The van der Waals surface area contributed by atoms with Crippen molar-refractivity contribution >= 4 is 34.8 Å². The predicted molar refractivity (Wildman–Crippen MR) is 105 cm³/mol. The summed E-state index contributed by atoms with van der Waals surface area (Å²) >= 11 is 5.97. The number of hydrogen-bond donors (Lipinski definition) is 3. The lowest BCUT2D eigenvalue weighted by Crippen LogP contribution is -2.30. The Morgan fingerprint density at radius 1 is 1.04 bits per heavy atom. The number of hydrogen-bond acceptors (Lipinski definition) is 7. The molecule has 0 aliphatic rings. The molecule has 0 bridgehead atoms. The summed E-state index contributed by atoms with van der Waals surface area (Å²) in [7, 11) is 0. The zero-order valence-electron chi connectivity index (χ0n) is 14.4. The fourth-order valence-electron chi connectivity index (χ4n) is 2.38. The molecule has 9 nitrogen and oxygen atoms in total. The Morgan fingerprint density at radius 2 is 1.71 bits per heavy atom. The molecular weight excluding hydrogens is 384 g/mol. The maximum atomic E-state index is 12.2. The highest BCUT2D eigenvalue weighted by Crippen LogP contribution is 2.28. The number of anilines is 2. The van der Waals surface area contributed by atoms with Gasteiger partial charge in [0.1, 0.15) is 6.33 Å². The first-order valence-corrected chi connectivity index (χ1v) is 8.52. The number of nitrogens with zero attached hydrogens (tertiary/aromatic N) is 3. The topological polar surface area (TPSA) is 122 Å². The summed E-state index contributed by atoms with van der Waals surface area (Å²) in [5.41, 5.74) is 5.58. The lowest BCUT2D eigenvalue weighted by molar-refractivity contribution is -0.383. The van der Waals surface area contributed by atoms with Crippen LogP contribution >= 0.6 is 11.6 Å². The van der Waals surface area contributed by atoms with E-state index in [-0.39, 0.29) is 22.2 Å². The quantitative estimate of drug-likeness (QED) is 0.411. The van der Waals surface area contributed by atoms with Crippen molar-refractivity contribution in [3.05, 3.63) is 87.2 Å². The molecule has 0 saturated heterocycles. The number of amides is 1. The molecule has 0 spiro atoms. The molecule has 0 saturated carbocycles. The van der Waals surface area contributed by atoms with E-state index in [0.717, 1.165) is 11.9 Å². The summed E-state index contributed by atoms with van der Waals surface area (Å²) in [5, 5.41) is 14.7. The van der Waals surface area contributed by atoms with E-state index in [1.807, 2.05) is 30.3 Å². The summed E-state index contributed by atoms with van der Waals surface area (Å²) in [4.78, 5) is 30.9. The van der Waals surface area contributed by atoms with Crippen molar-refractivity contribution in [2.24, 2.45) is 0 Å². The highest BCUT2D eigenvalue weighted by molar-refractivity contribution is 6.33. The van der Waals surface area contributed by atoms with Crippen molar-refractivity contribution in [3.63, 3.8) is 0 Å². The van der Waals surface area contributed by atoms with Gasteiger partial charge in [0.05, 0.1) is 15.5 Å². The van der Waals surface area contributed by atoms with Crippen LogP contribution < -0.4 is 16.2 Å². The van der Waals surface area contributed by atoms with Crippen LogP contribution in [0.5, 0.6) is 0 Å². The second kappa shape index (κ2) is 8.78. The molecule has 0 aliphatic carbocycles. The Kier molecular flexibility index (Phi) is 5.97. The molecule has 3 N–H and O–H groups in total. The summed E-state index contributed by atoms with van der Waals surface area (Å²) < 4.78 is 0. The molecule has 28 heavy (non-hydrogen) atoms. The number of benzene rings is 2. The number of nitrogens with one attached hydrogen (secondary N) is 3. The molecular formula is C18H15ClN6O3. The molecule has 2 aromatic carbocycles. The molecule has 1 amide bonds. The zero-order chi connectivity index (χ0) is 19.9. The Labute approximate surface area is 164 Å². The third-order valence-electron chi connectivity index (χ3n) is 3.72. The number of nitro groups is 1. The fourth-order valence-corrected chi connectivity index (χ4v) is 2.60. The maximum absolute atomic E-state index is 12.2. The molecule has 3 rings (SSSR count). The van der Waals surface area contributed by atoms with Gasteiger partial charge in [0.25, 0.3) is 5.91 Å². The van der Waals surface area contributed by atoms with E-state index in [9.17, 15) is 14.9 Å². The van der Waals surface area contributed by atoms with Gasteiger partial charge < -0.3 is 5.32 Å². The number of aromatic nitrogens is 2. The lowest BCUT2D eigenvalue weighted by Gasteiger charge is -2.11. The summed E-state index contributed by atoms with van der Waals surface area (Å²) in [6.07, 6.45) is 1.16. The van der Waals surface area contributed by atoms with Gasteiger partial charge in [-0.1, -0.05) is 54.1 Å². The van der Waals surface area contributed by atoms with Crippen LogP contribution in [0.4, 0.5) is 17.3 Å². The molecule has 10 heteroatoms. The molecule has 0 aliphatic heterocycles. The normalized spacial score (nSPS) is 10.2. The molecule has 0 unspecified atom stereocenters.